The lowest BCUT2D eigenvalue weighted by atomic mass is 9.94. The number of piperazine rings is 1. The molecule has 0 unspecified atom stereocenters. The normalized spacial score (nSPS) is 23.2. The van der Waals surface area contributed by atoms with Crippen molar-refractivity contribution in [1.82, 2.24) is 20.0 Å². The fourth-order valence-electron chi connectivity index (χ4n) is 4.70. The second kappa shape index (κ2) is 7.87. The molecule has 0 bridgehead atoms. The summed E-state index contributed by atoms with van der Waals surface area (Å²) in [4.78, 5) is 17.2. The summed E-state index contributed by atoms with van der Waals surface area (Å²) in [6.07, 6.45) is 9.88. The Kier molecular flexibility index (Phi) is 5.36. The van der Waals surface area contributed by atoms with Crippen LogP contribution in [0.4, 0.5) is 5.69 Å². The van der Waals surface area contributed by atoms with E-state index in [1.807, 2.05) is 0 Å². The molecule has 2 fully saturated rings. The summed E-state index contributed by atoms with van der Waals surface area (Å²) in [7, 11) is 0. The summed E-state index contributed by atoms with van der Waals surface area (Å²) in [6.45, 7) is 6.72. The fraction of sp³-hybridized carbons (Fsp3) is 0.789. The number of fused-ring (bicyclic) bond motifs is 1. The predicted molar refractivity (Wildman–Crippen MR) is 100 cm³/mol. The third-order valence-electron chi connectivity index (χ3n) is 6.22. The number of anilines is 1. The highest BCUT2D eigenvalue weighted by Gasteiger charge is 2.25. The van der Waals surface area contributed by atoms with Gasteiger partial charge in [-0.05, 0) is 25.7 Å². The molecule has 1 aromatic rings. The smallest absolute Gasteiger partial charge is 0.269 e. The van der Waals surface area contributed by atoms with Gasteiger partial charge in [0.2, 0.25) is 0 Å². The zero-order valence-electron chi connectivity index (χ0n) is 15.2. The molecule has 2 aliphatic heterocycles. The summed E-state index contributed by atoms with van der Waals surface area (Å²) < 4.78 is 0. The average Bonchev–Trinajstić information content (AvgIpc) is 2.69. The van der Waals surface area contributed by atoms with Crippen LogP contribution < -0.4 is 10.9 Å². The molecule has 138 valence electrons. The van der Waals surface area contributed by atoms with Crippen LogP contribution in [0.3, 0.4) is 0 Å². The van der Waals surface area contributed by atoms with Gasteiger partial charge in [-0.1, -0.05) is 19.3 Å². The van der Waals surface area contributed by atoms with Gasteiger partial charge < -0.3 is 10.2 Å². The Morgan fingerprint density at radius 3 is 2.64 bits per heavy atom. The minimum atomic E-state index is -0.0213. The third-order valence-corrected chi connectivity index (χ3v) is 6.22. The highest BCUT2D eigenvalue weighted by molar-refractivity contribution is 5.55. The second-order valence-corrected chi connectivity index (χ2v) is 7.80. The molecule has 0 atom stereocenters. The van der Waals surface area contributed by atoms with E-state index in [-0.39, 0.29) is 5.56 Å². The summed E-state index contributed by atoms with van der Waals surface area (Å²) in [6, 6.07) is 0.841. The van der Waals surface area contributed by atoms with E-state index < -0.39 is 0 Å². The van der Waals surface area contributed by atoms with Crippen molar-refractivity contribution in [3.8, 4) is 0 Å². The van der Waals surface area contributed by atoms with Gasteiger partial charge in [-0.25, -0.2) is 5.10 Å². The maximum atomic E-state index is 11.9. The van der Waals surface area contributed by atoms with Crippen molar-refractivity contribution in [3.05, 3.63) is 21.6 Å². The van der Waals surface area contributed by atoms with Gasteiger partial charge in [0.25, 0.3) is 5.56 Å². The summed E-state index contributed by atoms with van der Waals surface area (Å²) in [5, 5.41) is 10.4. The van der Waals surface area contributed by atoms with Crippen molar-refractivity contribution < 1.29 is 0 Å². The first-order chi connectivity index (χ1) is 12.3. The lowest BCUT2D eigenvalue weighted by molar-refractivity contribution is 0.0795. The van der Waals surface area contributed by atoms with Crippen LogP contribution in [0, 0.1) is 0 Å². The molecule has 1 aromatic heterocycles. The topological polar surface area (TPSA) is 64.3 Å². The standard InChI is InChI=1S/C19H31N5O/c25-19-16-7-4-9-20-18(16)17(21-22-19)8-10-23-11-13-24(14-12-23)15-5-2-1-3-6-15/h15,20H,1-14H2,(H,22,25). The Balaban J connectivity index is 1.30. The molecule has 1 saturated heterocycles. The van der Waals surface area contributed by atoms with E-state index in [0.717, 1.165) is 68.4 Å². The molecule has 0 spiro atoms. The number of nitrogens with zero attached hydrogens (tertiary/aromatic N) is 3. The van der Waals surface area contributed by atoms with Gasteiger partial charge in [0.15, 0.2) is 0 Å². The molecule has 1 saturated carbocycles. The number of rotatable bonds is 4. The van der Waals surface area contributed by atoms with Crippen LogP contribution in [-0.4, -0.2) is 65.3 Å². The molecule has 4 rings (SSSR count). The lowest BCUT2D eigenvalue weighted by Gasteiger charge is -2.40. The molecule has 0 aromatic carbocycles. The third kappa shape index (κ3) is 3.90. The van der Waals surface area contributed by atoms with Gasteiger partial charge in [-0.2, -0.15) is 5.10 Å². The van der Waals surface area contributed by atoms with Crippen LogP contribution >= 0.6 is 0 Å². The summed E-state index contributed by atoms with van der Waals surface area (Å²) in [5.41, 5.74) is 2.92. The van der Waals surface area contributed by atoms with E-state index in [4.69, 9.17) is 0 Å². The van der Waals surface area contributed by atoms with Crippen LogP contribution in [0.25, 0.3) is 0 Å². The molecule has 0 radical (unpaired) electrons. The molecular weight excluding hydrogens is 314 g/mol. The molecule has 0 amide bonds. The van der Waals surface area contributed by atoms with Crippen LogP contribution in [0.5, 0.6) is 0 Å². The molecular formula is C19H31N5O. The molecule has 6 nitrogen and oxygen atoms in total. The number of nitrogens with one attached hydrogen (secondary N) is 2. The predicted octanol–water partition coefficient (Wildman–Crippen LogP) is 1.62. The van der Waals surface area contributed by atoms with Gasteiger partial charge in [0.1, 0.15) is 0 Å². The molecule has 3 heterocycles. The number of hydrogen-bond donors (Lipinski definition) is 2. The largest absolute Gasteiger partial charge is 0.383 e. The van der Waals surface area contributed by atoms with Crippen LogP contribution in [0.1, 0.15) is 49.8 Å². The van der Waals surface area contributed by atoms with E-state index in [1.165, 1.54) is 45.2 Å². The molecule has 2 N–H and O–H groups in total. The van der Waals surface area contributed by atoms with Crippen molar-refractivity contribution >= 4 is 5.69 Å². The molecule has 3 aliphatic rings. The fourth-order valence-corrected chi connectivity index (χ4v) is 4.70. The zero-order chi connectivity index (χ0) is 17.1. The maximum Gasteiger partial charge on any atom is 0.269 e. The van der Waals surface area contributed by atoms with Crippen LogP contribution in [-0.2, 0) is 12.8 Å². The van der Waals surface area contributed by atoms with Gasteiger partial charge in [0.05, 0.1) is 11.4 Å². The first-order valence-corrected chi connectivity index (χ1v) is 10.1. The quantitative estimate of drug-likeness (QED) is 0.868. The van der Waals surface area contributed by atoms with Crippen molar-refractivity contribution in [1.29, 1.82) is 0 Å². The molecule has 25 heavy (non-hydrogen) atoms. The average molecular weight is 345 g/mol. The van der Waals surface area contributed by atoms with Crippen LogP contribution in [0.15, 0.2) is 4.79 Å². The van der Waals surface area contributed by atoms with Crippen molar-refractivity contribution in [2.45, 2.75) is 57.4 Å². The summed E-state index contributed by atoms with van der Waals surface area (Å²) >= 11 is 0. The van der Waals surface area contributed by atoms with E-state index in [0.29, 0.717) is 0 Å². The molecule has 6 heteroatoms. The minimum Gasteiger partial charge on any atom is -0.383 e. The van der Waals surface area contributed by atoms with Gasteiger partial charge in [0, 0.05) is 57.3 Å². The zero-order valence-corrected chi connectivity index (χ0v) is 15.2. The number of aromatic amines is 1. The highest BCUT2D eigenvalue weighted by atomic mass is 16.1. The van der Waals surface area contributed by atoms with E-state index in [1.54, 1.807) is 0 Å². The first-order valence-electron chi connectivity index (χ1n) is 10.1. The Labute approximate surface area is 150 Å². The Hall–Kier alpha value is -1.40. The van der Waals surface area contributed by atoms with Crippen molar-refractivity contribution in [2.24, 2.45) is 0 Å². The van der Waals surface area contributed by atoms with E-state index in [2.05, 4.69) is 25.3 Å². The first kappa shape index (κ1) is 17.0. The monoisotopic (exact) mass is 345 g/mol. The maximum absolute atomic E-state index is 11.9. The lowest BCUT2D eigenvalue weighted by Crippen LogP contribution is -2.51. The van der Waals surface area contributed by atoms with Gasteiger partial charge in [-0.15, -0.1) is 0 Å². The Morgan fingerprint density at radius 1 is 1.04 bits per heavy atom. The van der Waals surface area contributed by atoms with Crippen molar-refractivity contribution in [2.75, 3.05) is 44.6 Å². The van der Waals surface area contributed by atoms with Crippen molar-refractivity contribution in [3.63, 3.8) is 0 Å². The SMILES string of the molecule is O=c1[nH]nc(CCN2CCN(C3CCCCC3)CC2)c2c1CCCN2. The molecule has 1 aliphatic carbocycles. The second-order valence-electron chi connectivity index (χ2n) is 7.80. The summed E-state index contributed by atoms with van der Waals surface area (Å²) in [5.74, 6) is 0. The van der Waals surface area contributed by atoms with Gasteiger partial charge >= 0.3 is 0 Å². The Bertz CT molecular complexity index is 629. The highest BCUT2D eigenvalue weighted by Crippen LogP contribution is 2.24. The Morgan fingerprint density at radius 2 is 1.84 bits per heavy atom. The van der Waals surface area contributed by atoms with E-state index in [9.17, 15) is 4.79 Å². The van der Waals surface area contributed by atoms with Crippen LogP contribution in [0.2, 0.25) is 0 Å². The number of aromatic nitrogens is 2. The van der Waals surface area contributed by atoms with E-state index >= 15 is 0 Å². The van der Waals surface area contributed by atoms with Gasteiger partial charge in [-0.3, -0.25) is 9.69 Å². The number of hydrogen-bond acceptors (Lipinski definition) is 5. The minimum absolute atomic E-state index is 0.0213. The number of H-pyrrole nitrogens is 1.